The Morgan fingerprint density at radius 1 is 1.04 bits per heavy atom. The Labute approximate surface area is 168 Å². The molecule has 0 atom stereocenters. The molecule has 3 rings (SSSR count). The number of aromatic nitrogens is 3. The smallest absolute Gasteiger partial charge is 0.192 e. The molecule has 0 amide bonds. The maximum absolute atomic E-state index is 12.5. The van der Waals surface area contributed by atoms with Crippen LogP contribution in [0.1, 0.15) is 10.4 Å². The summed E-state index contributed by atoms with van der Waals surface area (Å²) in [6.45, 7) is 4.36. The van der Waals surface area contributed by atoms with E-state index in [0.717, 1.165) is 22.9 Å². The van der Waals surface area contributed by atoms with Crippen molar-refractivity contribution in [3.63, 3.8) is 0 Å². The van der Waals surface area contributed by atoms with Gasteiger partial charge in [-0.25, -0.2) is 0 Å². The summed E-state index contributed by atoms with van der Waals surface area (Å²) in [4.78, 5) is 12.5. The number of allylic oxidation sites excluding steroid dienone is 1. The van der Waals surface area contributed by atoms with E-state index in [1.165, 1.54) is 11.8 Å². The highest BCUT2D eigenvalue weighted by molar-refractivity contribution is 7.99. The summed E-state index contributed by atoms with van der Waals surface area (Å²) in [5.41, 5.74) is 1.56. The number of hydrogen-bond donors (Lipinski definition) is 0. The van der Waals surface area contributed by atoms with Crippen molar-refractivity contribution in [2.24, 2.45) is 0 Å². The first-order chi connectivity index (χ1) is 13.7. The third-order valence-electron chi connectivity index (χ3n) is 4.12. The number of rotatable bonds is 9. The summed E-state index contributed by atoms with van der Waals surface area (Å²) in [6.07, 6.45) is 1.78. The van der Waals surface area contributed by atoms with Crippen LogP contribution < -0.4 is 9.47 Å². The molecular weight excluding hydrogens is 374 g/mol. The van der Waals surface area contributed by atoms with Crippen molar-refractivity contribution < 1.29 is 14.3 Å². The van der Waals surface area contributed by atoms with E-state index >= 15 is 0 Å². The van der Waals surface area contributed by atoms with Crippen LogP contribution in [0.3, 0.4) is 0 Å². The number of carbonyl (C=O) groups excluding carboxylic acids is 1. The number of benzene rings is 2. The van der Waals surface area contributed by atoms with Crippen LogP contribution in [0.4, 0.5) is 0 Å². The maximum atomic E-state index is 12.5. The van der Waals surface area contributed by atoms with Crippen LogP contribution in [0.5, 0.6) is 11.5 Å². The fourth-order valence-electron chi connectivity index (χ4n) is 2.63. The molecule has 0 aliphatic carbocycles. The minimum atomic E-state index is 0.0202. The molecule has 0 unspecified atom stereocenters. The number of methoxy groups -OCH3 is 2. The van der Waals surface area contributed by atoms with Crippen LogP contribution in [0.2, 0.25) is 0 Å². The highest BCUT2D eigenvalue weighted by Crippen LogP contribution is 2.26. The van der Waals surface area contributed by atoms with Crippen molar-refractivity contribution in [1.82, 2.24) is 14.8 Å². The van der Waals surface area contributed by atoms with E-state index in [0.29, 0.717) is 17.3 Å². The monoisotopic (exact) mass is 395 g/mol. The summed E-state index contributed by atoms with van der Waals surface area (Å²) >= 11 is 1.36. The minimum absolute atomic E-state index is 0.0202. The van der Waals surface area contributed by atoms with E-state index in [1.807, 2.05) is 28.8 Å². The quantitative estimate of drug-likeness (QED) is 0.308. The van der Waals surface area contributed by atoms with Gasteiger partial charge in [0.25, 0.3) is 0 Å². The normalized spacial score (nSPS) is 10.5. The highest BCUT2D eigenvalue weighted by Gasteiger charge is 2.16. The molecule has 0 radical (unpaired) electrons. The van der Waals surface area contributed by atoms with Crippen molar-refractivity contribution in [3.05, 3.63) is 66.7 Å². The van der Waals surface area contributed by atoms with Crippen LogP contribution in [0.25, 0.3) is 11.4 Å². The van der Waals surface area contributed by atoms with Crippen LogP contribution in [-0.4, -0.2) is 40.5 Å². The third kappa shape index (κ3) is 4.43. The lowest BCUT2D eigenvalue weighted by atomic mass is 10.1. The van der Waals surface area contributed by atoms with E-state index < -0.39 is 0 Å². The number of thioether (sulfide) groups is 1. The molecule has 0 spiro atoms. The first-order valence-electron chi connectivity index (χ1n) is 8.65. The molecule has 7 heteroatoms. The van der Waals surface area contributed by atoms with Gasteiger partial charge in [0, 0.05) is 17.7 Å². The second kappa shape index (κ2) is 9.23. The molecule has 1 aromatic heterocycles. The van der Waals surface area contributed by atoms with Gasteiger partial charge in [-0.1, -0.05) is 17.8 Å². The average molecular weight is 395 g/mol. The zero-order valence-corrected chi connectivity index (χ0v) is 16.6. The number of ketones is 1. The Balaban J connectivity index is 1.76. The topological polar surface area (TPSA) is 66.2 Å². The van der Waals surface area contributed by atoms with Gasteiger partial charge in [-0.2, -0.15) is 0 Å². The zero-order chi connectivity index (χ0) is 19.9. The van der Waals surface area contributed by atoms with E-state index in [9.17, 15) is 4.79 Å². The van der Waals surface area contributed by atoms with Crippen LogP contribution >= 0.6 is 11.8 Å². The number of ether oxygens (including phenoxy) is 2. The molecule has 2 aromatic carbocycles. The fourth-order valence-corrected chi connectivity index (χ4v) is 3.48. The molecule has 3 aromatic rings. The molecule has 6 nitrogen and oxygen atoms in total. The molecule has 0 saturated carbocycles. The summed E-state index contributed by atoms with van der Waals surface area (Å²) < 4.78 is 12.3. The van der Waals surface area contributed by atoms with Crippen molar-refractivity contribution in [2.45, 2.75) is 11.7 Å². The number of carbonyl (C=O) groups is 1. The van der Waals surface area contributed by atoms with Crippen LogP contribution in [0.15, 0.2) is 66.3 Å². The van der Waals surface area contributed by atoms with Crippen molar-refractivity contribution in [3.8, 4) is 22.9 Å². The predicted octanol–water partition coefficient (Wildman–Crippen LogP) is 4.12. The first kappa shape index (κ1) is 19.7. The van der Waals surface area contributed by atoms with E-state index in [2.05, 4.69) is 16.8 Å². The minimum Gasteiger partial charge on any atom is -0.497 e. The summed E-state index contributed by atoms with van der Waals surface area (Å²) in [5.74, 6) is 2.51. The first-order valence-corrected chi connectivity index (χ1v) is 9.63. The number of nitrogens with zero attached hydrogens (tertiary/aromatic N) is 3. The van der Waals surface area contributed by atoms with Crippen molar-refractivity contribution in [1.29, 1.82) is 0 Å². The lowest BCUT2D eigenvalue weighted by molar-refractivity contribution is 0.102. The average Bonchev–Trinajstić information content (AvgIpc) is 3.15. The fraction of sp³-hybridized carbons (Fsp3) is 0.190. The Bertz CT molecular complexity index is 950. The van der Waals surface area contributed by atoms with Gasteiger partial charge >= 0.3 is 0 Å². The molecule has 0 fully saturated rings. The summed E-state index contributed by atoms with van der Waals surface area (Å²) in [7, 11) is 3.23. The van der Waals surface area contributed by atoms with Crippen LogP contribution in [-0.2, 0) is 6.54 Å². The predicted molar refractivity (Wildman–Crippen MR) is 110 cm³/mol. The molecule has 0 bridgehead atoms. The Morgan fingerprint density at radius 3 is 2.21 bits per heavy atom. The largest absolute Gasteiger partial charge is 0.497 e. The molecule has 0 saturated heterocycles. The van der Waals surface area contributed by atoms with Gasteiger partial charge in [-0.15, -0.1) is 16.8 Å². The van der Waals surface area contributed by atoms with Gasteiger partial charge in [0.05, 0.1) is 20.0 Å². The SMILES string of the molecule is C=CCn1c(SCC(=O)c2ccc(OC)cc2)nnc1-c1ccc(OC)cc1. The van der Waals surface area contributed by atoms with Gasteiger partial charge in [0.15, 0.2) is 16.8 Å². The van der Waals surface area contributed by atoms with E-state index in [-0.39, 0.29) is 11.5 Å². The lowest BCUT2D eigenvalue weighted by Gasteiger charge is -2.08. The van der Waals surface area contributed by atoms with Crippen molar-refractivity contribution >= 4 is 17.5 Å². The molecule has 28 heavy (non-hydrogen) atoms. The highest BCUT2D eigenvalue weighted by atomic mass is 32.2. The molecular formula is C21H21N3O3S. The maximum Gasteiger partial charge on any atom is 0.192 e. The molecule has 0 N–H and O–H groups in total. The van der Waals surface area contributed by atoms with Gasteiger partial charge in [0.1, 0.15) is 11.5 Å². The molecule has 0 aliphatic rings. The number of Topliss-reactive ketones (excluding diaryl/α,β-unsaturated/α-hetero) is 1. The van der Waals surface area contributed by atoms with Gasteiger partial charge in [0.2, 0.25) is 0 Å². The number of hydrogen-bond acceptors (Lipinski definition) is 6. The van der Waals surface area contributed by atoms with Gasteiger partial charge in [-0.05, 0) is 48.5 Å². The second-order valence-electron chi connectivity index (χ2n) is 5.87. The van der Waals surface area contributed by atoms with Crippen LogP contribution in [0, 0.1) is 0 Å². The molecule has 1 heterocycles. The Morgan fingerprint density at radius 2 is 1.64 bits per heavy atom. The third-order valence-corrected chi connectivity index (χ3v) is 5.09. The lowest BCUT2D eigenvalue weighted by Crippen LogP contribution is -2.05. The summed E-state index contributed by atoms with van der Waals surface area (Å²) in [6, 6.07) is 14.7. The molecule has 144 valence electrons. The van der Waals surface area contributed by atoms with E-state index in [1.54, 1.807) is 44.6 Å². The molecule has 0 aliphatic heterocycles. The second-order valence-corrected chi connectivity index (χ2v) is 6.82. The summed E-state index contributed by atoms with van der Waals surface area (Å²) in [5, 5.41) is 9.25. The Hall–Kier alpha value is -3.06. The Kier molecular flexibility index (Phi) is 6.49. The van der Waals surface area contributed by atoms with Crippen molar-refractivity contribution in [2.75, 3.05) is 20.0 Å². The standard InChI is InChI=1S/C21H21N3O3S/c1-4-13-24-20(16-7-11-18(27-3)12-8-16)22-23-21(24)28-14-19(25)15-5-9-17(26-2)10-6-15/h4-12H,1,13-14H2,2-3H3. The van der Waals surface area contributed by atoms with Gasteiger partial charge in [-0.3, -0.25) is 9.36 Å². The van der Waals surface area contributed by atoms with E-state index in [4.69, 9.17) is 9.47 Å². The van der Waals surface area contributed by atoms with Gasteiger partial charge < -0.3 is 9.47 Å². The zero-order valence-electron chi connectivity index (χ0n) is 15.8.